The molecular weight excluding hydrogens is 409 g/mol. The summed E-state index contributed by atoms with van der Waals surface area (Å²) in [4.78, 5) is 32.8. The van der Waals surface area contributed by atoms with Crippen molar-refractivity contribution in [2.75, 3.05) is 5.32 Å². The topological polar surface area (TPSA) is 108 Å². The summed E-state index contributed by atoms with van der Waals surface area (Å²) < 4.78 is 14.0. The predicted molar refractivity (Wildman–Crippen MR) is 115 cm³/mol. The van der Waals surface area contributed by atoms with E-state index < -0.39 is 11.2 Å². The van der Waals surface area contributed by atoms with Gasteiger partial charge in [-0.05, 0) is 42.7 Å². The number of aromatic nitrogens is 2. The Bertz CT molecular complexity index is 1190. The third-order valence-corrected chi connectivity index (χ3v) is 5.53. The summed E-state index contributed by atoms with van der Waals surface area (Å²) in [7, 11) is 0. The first kappa shape index (κ1) is 21.1. The van der Waals surface area contributed by atoms with E-state index in [-0.39, 0.29) is 29.4 Å². The van der Waals surface area contributed by atoms with Gasteiger partial charge in [-0.2, -0.15) is 5.26 Å². The molecule has 1 aliphatic carbocycles. The van der Waals surface area contributed by atoms with Crippen LogP contribution in [0.25, 0.3) is 0 Å². The maximum Gasteiger partial charge on any atom is 0.226 e. The van der Waals surface area contributed by atoms with Crippen LogP contribution in [0.3, 0.4) is 0 Å². The van der Waals surface area contributed by atoms with Gasteiger partial charge in [0.15, 0.2) is 5.78 Å². The lowest BCUT2D eigenvalue weighted by atomic mass is 9.95. The number of amides is 1. The van der Waals surface area contributed by atoms with E-state index in [1.54, 1.807) is 18.2 Å². The van der Waals surface area contributed by atoms with E-state index >= 15 is 0 Å². The first-order valence-corrected chi connectivity index (χ1v) is 10.1. The number of carbonyl (C=O) groups is 2. The molecule has 32 heavy (non-hydrogen) atoms. The SMILES string of the molecule is N#Cc1cccc(F)c1Nc1ccc(CNC(=O)C2(CC(=O)c3cncnc3)CC2)cc1. The normalized spacial score (nSPS) is 13.6. The van der Waals surface area contributed by atoms with Crippen molar-refractivity contribution in [3.05, 3.63) is 83.7 Å². The lowest BCUT2D eigenvalue weighted by Crippen LogP contribution is -2.33. The van der Waals surface area contributed by atoms with Crippen molar-refractivity contribution in [2.45, 2.75) is 25.8 Å². The van der Waals surface area contributed by atoms with Crippen molar-refractivity contribution in [3.8, 4) is 6.07 Å². The van der Waals surface area contributed by atoms with Gasteiger partial charge in [0.1, 0.15) is 18.2 Å². The van der Waals surface area contributed by atoms with E-state index in [9.17, 15) is 14.0 Å². The second-order valence-corrected chi connectivity index (χ2v) is 7.79. The highest BCUT2D eigenvalue weighted by atomic mass is 19.1. The molecule has 1 aliphatic rings. The van der Waals surface area contributed by atoms with E-state index in [0.717, 1.165) is 5.56 Å². The summed E-state index contributed by atoms with van der Waals surface area (Å²) in [6.07, 6.45) is 5.75. The molecule has 1 saturated carbocycles. The van der Waals surface area contributed by atoms with Crippen LogP contribution in [0.2, 0.25) is 0 Å². The van der Waals surface area contributed by atoms with Gasteiger partial charge < -0.3 is 10.6 Å². The van der Waals surface area contributed by atoms with Crippen molar-refractivity contribution < 1.29 is 14.0 Å². The average Bonchev–Trinajstić information content (AvgIpc) is 3.61. The van der Waals surface area contributed by atoms with Gasteiger partial charge in [-0.25, -0.2) is 14.4 Å². The Balaban J connectivity index is 1.34. The van der Waals surface area contributed by atoms with Gasteiger partial charge in [0.05, 0.1) is 22.2 Å². The first-order valence-electron chi connectivity index (χ1n) is 10.1. The molecule has 1 fully saturated rings. The van der Waals surface area contributed by atoms with Crippen LogP contribution in [0.5, 0.6) is 0 Å². The number of nitrogens with one attached hydrogen (secondary N) is 2. The lowest BCUT2D eigenvalue weighted by molar-refractivity contribution is -0.126. The molecule has 0 atom stereocenters. The van der Waals surface area contributed by atoms with E-state index in [0.29, 0.717) is 30.6 Å². The molecule has 2 aromatic carbocycles. The van der Waals surface area contributed by atoms with Gasteiger partial charge in [-0.1, -0.05) is 18.2 Å². The molecule has 0 saturated heterocycles. The molecule has 8 heteroatoms. The van der Waals surface area contributed by atoms with Crippen molar-refractivity contribution >= 4 is 23.1 Å². The van der Waals surface area contributed by atoms with Gasteiger partial charge in [-0.3, -0.25) is 9.59 Å². The quantitative estimate of drug-likeness (QED) is 0.526. The molecule has 0 radical (unpaired) electrons. The molecule has 1 heterocycles. The molecule has 2 N–H and O–H groups in total. The van der Waals surface area contributed by atoms with Crippen molar-refractivity contribution in [3.63, 3.8) is 0 Å². The molecular formula is C24H20FN5O2. The largest absolute Gasteiger partial charge is 0.352 e. The number of halogens is 1. The van der Waals surface area contributed by atoms with E-state index in [1.807, 2.05) is 18.2 Å². The fraction of sp³-hybridized carbons (Fsp3) is 0.208. The fourth-order valence-electron chi connectivity index (χ4n) is 3.45. The van der Waals surface area contributed by atoms with Gasteiger partial charge in [0, 0.05) is 31.0 Å². The third kappa shape index (κ3) is 4.62. The van der Waals surface area contributed by atoms with Crippen LogP contribution in [0, 0.1) is 22.6 Å². The van der Waals surface area contributed by atoms with E-state index in [1.165, 1.54) is 30.9 Å². The number of carbonyl (C=O) groups excluding carboxylic acids is 2. The number of anilines is 2. The minimum absolute atomic E-state index is 0.125. The minimum atomic E-state index is -0.660. The Morgan fingerprint density at radius 3 is 2.47 bits per heavy atom. The molecule has 1 amide bonds. The summed E-state index contributed by atoms with van der Waals surface area (Å²) in [5, 5.41) is 15.0. The van der Waals surface area contributed by atoms with Gasteiger partial charge in [-0.15, -0.1) is 0 Å². The number of hydrogen-bond donors (Lipinski definition) is 2. The number of hydrogen-bond acceptors (Lipinski definition) is 6. The summed E-state index contributed by atoms with van der Waals surface area (Å²) in [5.74, 6) is -0.791. The summed E-state index contributed by atoms with van der Waals surface area (Å²) in [6, 6.07) is 13.4. The smallest absolute Gasteiger partial charge is 0.226 e. The van der Waals surface area contributed by atoms with Crippen LogP contribution in [0.1, 0.15) is 40.7 Å². The molecule has 1 aromatic heterocycles. The summed E-state index contributed by atoms with van der Waals surface area (Å²) >= 11 is 0. The zero-order chi connectivity index (χ0) is 22.6. The second-order valence-electron chi connectivity index (χ2n) is 7.79. The first-order chi connectivity index (χ1) is 15.5. The molecule has 7 nitrogen and oxygen atoms in total. The monoisotopic (exact) mass is 429 g/mol. The van der Waals surface area contributed by atoms with Crippen molar-refractivity contribution in [1.82, 2.24) is 15.3 Å². The Hall–Kier alpha value is -4.12. The standard InChI is InChI=1S/C24H20FN5O2/c25-20-3-1-2-17(11-26)22(20)30-19-6-4-16(5-7-19)12-29-23(32)24(8-9-24)10-21(31)18-13-27-15-28-14-18/h1-7,13-15,30H,8-10,12H2,(H,29,32). The van der Waals surface area contributed by atoms with Crippen molar-refractivity contribution in [1.29, 1.82) is 5.26 Å². The van der Waals surface area contributed by atoms with Gasteiger partial charge in [0.25, 0.3) is 0 Å². The zero-order valence-electron chi connectivity index (χ0n) is 17.1. The maximum absolute atomic E-state index is 14.0. The summed E-state index contributed by atoms with van der Waals surface area (Å²) in [6.45, 7) is 0.312. The molecule has 0 aliphatic heterocycles. The van der Waals surface area contributed by atoms with Gasteiger partial charge >= 0.3 is 0 Å². The van der Waals surface area contributed by atoms with E-state index in [4.69, 9.17) is 5.26 Å². The molecule has 4 rings (SSSR count). The Kier molecular flexibility index (Phi) is 5.90. The van der Waals surface area contributed by atoms with E-state index in [2.05, 4.69) is 20.6 Å². The highest BCUT2D eigenvalue weighted by molar-refractivity contribution is 6.00. The fourth-order valence-corrected chi connectivity index (χ4v) is 3.45. The number of para-hydroxylation sites is 1. The maximum atomic E-state index is 14.0. The zero-order valence-corrected chi connectivity index (χ0v) is 17.1. The second kappa shape index (κ2) is 8.94. The Morgan fingerprint density at radius 1 is 1.09 bits per heavy atom. The molecule has 0 spiro atoms. The third-order valence-electron chi connectivity index (χ3n) is 5.53. The van der Waals surface area contributed by atoms with Gasteiger partial charge in [0.2, 0.25) is 5.91 Å². The molecule has 0 bridgehead atoms. The highest BCUT2D eigenvalue weighted by Gasteiger charge is 2.50. The Morgan fingerprint density at radius 2 is 1.81 bits per heavy atom. The van der Waals surface area contributed by atoms with Crippen LogP contribution in [-0.2, 0) is 11.3 Å². The highest BCUT2D eigenvalue weighted by Crippen LogP contribution is 2.49. The summed E-state index contributed by atoms with van der Waals surface area (Å²) in [5.41, 5.74) is 1.57. The number of Topliss-reactive ketones (excluding diaryl/α,β-unsaturated/α-hetero) is 1. The van der Waals surface area contributed by atoms with Crippen LogP contribution in [0.15, 0.2) is 61.2 Å². The molecule has 160 valence electrons. The van der Waals surface area contributed by atoms with Crippen LogP contribution < -0.4 is 10.6 Å². The molecule has 3 aromatic rings. The Labute approximate surface area is 184 Å². The number of nitrogens with zero attached hydrogens (tertiary/aromatic N) is 3. The lowest BCUT2D eigenvalue weighted by Gasteiger charge is -2.15. The molecule has 0 unspecified atom stereocenters. The van der Waals surface area contributed by atoms with Crippen LogP contribution in [0.4, 0.5) is 15.8 Å². The number of nitriles is 1. The van der Waals surface area contributed by atoms with Crippen LogP contribution in [-0.4, -0.2) is 21.7 Å². The van der Waals surface area contributed by atoms with Crippen molar-refractivity contribution in [2.24, 2.45) is 5.41 Å². The van der Waals surface area contributed by atoms with Crippen LogP contribution >= 0.6 is 0 Å². The predicted octanol–water partition coefficient (Wildman–Crippen LogP) is 3.90. The average molecular weight is 429 g/mol. The minimum Gasteiger partial charge on any atom is -0.352 e. The number of benzene rings is 2. The number of ketones is 1. The number of rotatable bonds is 8.